The number of benzene rings is 1. The molecule has 3 rings (SSSR count). The van der Waals surface area contributed by atoms with Crippen LogP contribution in [0, 0.1) is 5.41 Å². The van der Waals surface area contributed by atoms with Gasteiger partial charge >= 0.3 is 0 Å². The van der Waals surface area contributed by atoms with Crippen LogP contribution in [0.4, 0.5) is 0 Å². The number of hydrogen-bond donors (Lipinski definition) is 1. The second-order valence-corrected chi connectivity index (χ2v) is 5.40. The predicted octanol–water partition coefficient (Wildman–Crippen LogP) is 3.99. The first-order valence-electron chi connectivity index (χ1n) is 7.19. The molecule has 1 saturated carbocycles. The highest BCUT2D eigenvalue weighted by molar-refractivity contribution is 5.84. The van der Waals surface area contributed by atoms with Crippen LogP contribution in [0.2, 0.25) is 0 Å². The molecule has 4 nitrogen and oxygen atoms in total. The highest BCUT2D eigenvalue weighted by atomic mass is 16.5. The van der Waals surface area contributed by atoms with Crippen molar-refractivity contribution in [2.75, 3.05) is 0 Å². The fourth-order valence-corrected chi connectivity index (χ4v) is 2.29. The number of nitrogens with one attached hydrogen (secondary N) is 1. The Hall–Kier alpha value is -2.36. The number of hydrogen-bond acceptors (Lipinski definition) is 3. The van der Waals surface area contributed by atoms with Crippen LogP contribution in [-0.4, -0.2) is 15.4 Å². The van der Waals surface area contributed by atoms with Crippen molar-refractivity contribution in [1.29, 1.82) is 5.41 Å². The Morgan fingerprint density at radius 3 is 2.76 bits per heavy atom. The van der Waals surface area contributed by atoms with E-state index < -0.39 is 0 Å². The molecule has 2 aromatic rings. The van der Waals surface area contributed by atoms with Gasteiger partial charge in [-0.05, 0) is 43.5 Å². The van der Waals surface area contributed by atoms with Crippen LogP contribution in [0.3, 0.4) is 0 Å². The minimum atomic E-state index is -0.158. The molecule has 108 valence electrons. The van der Waals surface area contributed by atoms with E-state index in [1.165, 1.54) is 24.6 Å². The van der Waals surface area contributed by atoms with Crippen molar-refractivity contribution >= 4 is 5.90 Å². The average molecular weight is 281 g/mol. The Labute approximate surface area is 124 Å². The normalized spacial score (nSPS) is 15.5. The van der Waals surface area contributed by atoms with Gasteiger partial charge < -0.3 is 9.30 Å². The standard InChI is InChI=1S/C17H19N3O/c1-3-17(18)21-12(2)13-6-8-15(9-7-13)20-10-16(19-11-20)14-4-5-14/h3,6-12,14,18H,1,4-5H2,2H3/t12-/m0/s1. The van der Waals surface area contributed by atoms with Crippen LogP contribution in [0.1, 0.15) is 43.0 Å². The van der Waals surface area contributed by atoms with Crippen molar-refractivity contribution in [3.8, 4) is 5.69 Å². The first kappa shape index (κ1) is 13.6. The van der Waals surface area contributed by atoms with Gasteiger partial charge in [-0.15, -0.1) is 0 Å². The molecule has 0 spiro atoms. The van der Waals surface area contributed by atoms with Crippen LogP contribution < -0.4 is 0 Å². The minimum Gasteiger partial charge on any atom is -0.470 e. The molecule has 4 heteroatoms. The van der Waals surface area contributed by atoms with Crippen molar-refractivity contribution in [2.24, 2.45) is 0 Å². The number of imidazole rings is 1. The summed E-state index contributed by atoms with van der Waals surface area (Å²) in [4.78, 5) is 4.46. The van der Waals surface area contributed by atoms with E-state index in [9.17, 15) is 0 Å². The Morgan fingerprint density at radius 2 is 2.14 bits per heavy atom. The summed E-state index contributed by atoms with van der Waals surface area (Å²) >= 11 is 0. The van der Waals surface area contributed by atoms with Gasteiger partial charge in [-0.1, -0.05) is 18.7 Å². The number of ether oxygens (including phenoxy) is 1. The minimum absolute atomic E-state index is 0.0928. The molecule has 1 aliphatic rings. The van der Waals surface area contributed by atoms with E-state index >= 15 is 0 Å². The Balaban J connectivity index is 1.73. The summed E-state index contributed by atoms with van der Waals surface area (Å²) in [5, 5.41) is 7.49. The first-order valence-corrected chi connectivity index (χ1v) is 7.19. The maximum Gasteiger partial charge on any atom is 0.205 e. The molecule has 0 saturated heterocycles. The molecule has 0 bridgehead atoms. The zero-order valence-corrected chi connectivity index (χ0v) is 12.1. The SMILES string of the molecule is C=CC(=N)O[C@@H](C)c1ccc(-n2cnc(C3CC3)c2)cc1. The summed E-state index contributed by atoms with van der Waals surface area (Å²) in [6.45, 7) is 5.45. The molecule has 1 heterocycles. The third-order valence-corrected chi connectivity index (χ3v) is 3.75. The summed E-state index contributed by atoms with van der Waals surface area (Å²) in [5.74, 6) is 0.763. The monoisotopic (exact) mass is 281 g/mol. The maximum atomic E-state index is 7.49. The van der Waals surface area contributed by atoms with E-state index in [4.69, 9.17) is 10.1 Å². The lowest BCUT2D eigenvalue weighted by Crippen LogP contribution is -2.05. The molecule has 0 radical (unpaired) electrons. The molecule has 21 heavy (non-hydrogen) atoms. The van der Waals surface area contributed by atoms with Crippen LogP contribution in [0.5, 0.6) is 0 Å². The summed E-state index contributed by atoms with van der Waals surface area (Å²) < 4.78 is 7.47. The highest BCUT2D eigenvalue weighted by Crippen LogP contribution is 2.39. The largest absolute Gasteiger partial charge is 0.470 e. The summed E-state index contributed by atoms with van der Waals surface area (Å²) in [6.07, 6.45) is 7.75. The van der Waals surface area contributed by atoms with Crippen molar-refractivity contribution in [2.45, 2.75) is 31.8 Å². The Morgan fingerprint density at radius 1 is 1.43 bits per heavy atom. The van der Waals surface area contributed by atoms with Gasteiger partial charge in [-0.3, -0.25) is 5.41 Å². The summed E-state index contributed by atoms with van der Waals surface area (Å²) in [5.41, 5.74) is 3.31. The fourth-order valence-electron chi connectivity index (χ4n) is 2.29. The number of aromatic nitrogens is 2. The molecular formula is C17H19N3O. The van der Waals surface area contributed by atoms with E-state index in [-0.39, 0.29) is 12.0 Å². The third-order valence-electron chi connectivity index (χ3n) is 3.75. The number of nitrogens with zero attached hydrogens (tertiary/aromatic N) is 2. The van der Waals surface area contributed by atoms with E-state index in [2.05, 4.69) is 22.3 Å². The van der Waals surface area contributed by atoms with Crippen LogP contribution in [0.15, 0.2) is 49.4 Å². The van der Waals surface area contributed by atoms with Gasteiger partial charge in [0.25, 0.3) is 0 Å². The molecule has 0 aliphatic heterocycles. The molecule has 0 unspecified atom stereocenters. The molecular weight excluding hydrogens is 262 g/mol. The zero-order chi connectivity index (χ0) is 14.8. The summed E-state index contributed by atoms with van der Waals surface area (Å²) in [6, 6.07) is 8.14. The second-order valence-electron chi connectivity index (χ2n) is 5.40. The topological polar surface area (TPSA) is 50.9 Å². The lowest BCUT2D eigenvalue weighted by molar-refractivity contribution is 0.213. The van der Waals surface area contributed by atoms with Gasteiger partial charge in [0.1, 0.15) is 6.10 Å². The fraction of sp³-hybridized carbons (Fsp3) is 0.294. The smallest absolute Gasteiger partial charge is 0.205 e. The van der Waals surface area contributed by atoms with Gasteiger partial charge in [0, 0.05) is 17.8 Å². The van der Waals surface area contributed by atoms with E-state index in [0.29, 0.717) is 5.92 Å². The van der Waals surface area contributed by atoms with Crippen molar-refractivity contribution in [3.05, 3.63) is 60.7 Å². The quantitative estimate of drug-likeness (QED) is 0.665. The van der Waals surface area contributed by atoms with Gasteiger partial charge in [0.2, 0.25) is 5.90 Å². The molecule has 1 N–H and O–H groups in total. The Bertz CT molecular complexity index is 653. The van der Waals surface area contributed by atoms with E-state index in [1.807, 2.05) is 37.5 Å². The molecule has 0 amide bonds. The molecule has 1 aromatic carbocycles. The van der Waals surface area contributed by atoms with Crippen molar-refractivity contribution in [1.82, 2.24) is 9.55 Å². The second kappa shape index (κ2) is 5.56. The third kappa shape index (κ3) is 3.05. The number of rotatable bonds is 5. The summed E-state index contributed by atoms with van der Waals surface area (Å²) in [7, 11) is 0. The van der Waals surface area contributed by atoms with Gasteiger partial charge in [0.05, 0.1) is 12.0 Å². The van der Waals surface area contributed by atoms with Gasteiger partial charge in [-0.2, -0.15) is 0 Å². The van der Waals surface area contributed by atoms with Crippen molar-refractivity contribution < 1.29 is 4.74 Å². The van der Waals surface area contributed by atoms with Crippen LogP contribution >= 0.6 is 0 Å². The molecule has 1 aromatic heterocycles. The predicted molar refractivity (Wildman–Crippen MR) is 83.0 cm³/mol. The van der Waals surface area contributed by atoms with Crippen LogP contribution in [0.25, 0.3) is 5.69 Å². The first-order chi connectivity index (χ1) is 10.2. The highest BCUT2D eigenvalue weighted by Gasteiger charge is 2.25. The average Bonchev–Trinajstić information content (AvgIpc) is 3.24. The van der Waals surface area contributed by atoms with Gasteiger partial charge in [0.15, 0.2) is 0 Å². The van der Waals surface area contributed by atoms with E-state index in [1.54, 1.807) is 0 Å². The molecule has 1 fully saturated rings. The maximum absolute atomic E-state index is 7.49. The lowest BCUT2D eigenvalue weighted by Gasteiger charge is -2.14. The van der Waals surface area contributed by atoms with Crippen molar-refractivity contribution in [3.63, 3.8) is 0 Å². The zero-order valence-electron chi connectivity index (χ0n) is 12.1. The molecule has 1 atom stereocenters. The molecule has 1 aliphatic carbocycles. The Kier molecular flexibility index (Phi) is 3.60. The van der Waals surface area contributed by atoms with Crippen LogP contribution in [-0.2, 0) is 4.74 Å². The van der Waals surface area contributed by atoms with E-state index in [0.717, 1.165) is 11.3 Å². The van der Waals surface area contributed by atoms with Gasteiger partial charge in [-0.25, -0.2) is 4.98 Å². The lowest BCUT2D eigenvalue weighted by atomic mass is 10.1.